The van der Waals surface area contributed by atoms with Gasteiger partial charge in [-0.25, -0.2) is 0 Å². The molecule has 0 fully saturated rings. The van der Waals surface area contributed by atoms with E-state index < -0.39 is 0 Å². The molecule has 1 unspecified atom stereocenters. The van der Waals surface area contributed by atoms with E-state index in [2.05, 4.69) is 56.5 Å². The highest BCUT2D eigenvalue weighted by Gasteiger charge is 2.07. The van der Waals surface area contributed by atoms with Crippen molar-refractivity contribution in [2.75, 3.05) is 6.26 Å². The summed E-state index contributed by atoms with van der Waals surface area (Å²) in [7, 11) is 0. The average molecular weight is 258 g/mol. The summed E-state index contributed by atoms with van der Waals surface area (Å²) in [6.07, 6.45) is 5.95. The van der Waals surface area contributed by atoms with Crippen molar-refractivity contribution in [1.29, 1.82) is 0 Å². The lowest BCUT2D eigenvalue weighted by molar-refractivity contribution is 0.524. The Bertz CT molecular complexity index is 516. The minimum Gasteiger partial charge on any atom is -0.129 e. The Balaban J connectivity index is 2.39. The smallest absolute Gasteiger partial charge is 0.0148 e. The van der Waals surface area contributed by atoms with Crippen LogP contribution in [0.15, 0.2) is 41.3 Å². The van der Waals surface area contributed by atoms with E-state index >= 15 is 0 Å². The van der Waals surface area contributed by atoms with Crippen molar-refractivity contribution in [3.63, 3.8) is 0 Å². The zero-order valence-corrected chi connectivity index (χ0v) is 12.4. The van der Waals surface area contributed by atoms with Crippen LogP contribution >= 0.6 is 11.8 Å². The first-order valence-electron chi connectivity index (χ1n) is 6.80. The predicted molar refractivity (Wildman–Crippen MR) is 83.5 cm³/mol. The molecule has 0 radical (unpaired) electrons. The van der Waals surface area contributed by atoms with Gasteiger partial charge in [0.15, 0.2) is 0 Å². The predicted octanol–water partition coefficient (Wildman–Crippen LogP) is 5.54. The topological polar surface area (TPSA) is 0 Å². The van der Waals surface area contributed by atoms with Crippen LogP contribution in [0.4, 0.5) is 0 Å². The number of hydrogen-bond acceptors (Lipinski definition) is 1. The third-order valence-electron chi connectivity index (χ3n) is 3.54. The first-order valence-corrected chi connectivity index (χ1v) is 8.03. The highest BCUT2D eigenvalue weighted by Crippen LogP contribution is 2.29. The van der Waals surface area contributed by atoms with Gasteiger partial charge in [-0.3, -0.25) is 0 Å². The van der Waals surface area contributed by atoms with Gasteiger partial charge in [0.05, 0.1) is 0 Å². The number of fused-ring (bicyclic) bond motifs is 1. The molecule has 96 valence electrons. The molecule has 18 heavy (non-hydrogen) atoms. The molecule has 0 amide bonds. The van der Waals surface area contributed by atoms with Crippen molar-refractivity contribution in [1.82, 2.24) is 0 Å². The second-order valence-electron chi connectivity index (χ2n) is 5.07. The summed E-state index contributed by atoms with van der Waals surface area (Å²) in [5, 5.41) is 2.85. The molecule has 0 aliphatic carbocycles. The summed E-state index contributed by atoms with van der Waals surface area (Å²) in [5.41, 5.74) is 1.50. The van der Waals surface area contributed by atoms with E-state index in [1.165, 1.54) is 40.5 Å². The van der Waals surface area contributed by atoms with Crippen LogP contribution in [-0.4, -0.2) is 6.26 Å². The van der Waals surface area contributed by atoms with Crippen LogP contribution in [0.2, 0.25) is 0 Å². The zero-order valence-electron chi connectivity index (χ0n) is 11.6. The molecule has 0 saturated carbocycles. The molecule has 0 bridgehead atoms. The maximum atomic E-state index is 2.36. The van der Waals surface area contributed by atoms with Crippen molar-refractivity contribution < 1.29 is 0 Å². The molecule has 0 spiro atoms. The molecule has 0 nitrogen and oxygen atoms in total. The standard InChI is InChI=1S/C17H22S/c1-4-7-13(2)12-14-8-5-10-16-15(14)9-6-11-17(16)18-3/h5-6,8-11,13H,4,7,12H2,1-3H3. The van der Waals surface area contributed by atoms with Crippen LogP contribution < -0.4 is 0 Å². The van der Waals surface area contributed by atoms with Gasteiger partial charge in [0, 0.05) is 4.90 Å². The van der Waals surface area contributed by atoms with E-state index in [9.17, 15) is 0 Å². The fraction of sp³-hybridized carbons (Fsp3) is 0.412. The molecular formula is C17H22S. The monoisotopic (exact) mass is 258 g/mol. The third kappa shape index (κ3) is 2.89. The number of benzene rings is 2. The Kier molecular flexibility index (Phi) is 4.71. The lowest BCUT2D eigenvalue weighted by Crippen LogP contribution is -1.99. The second-order valence-corrected chi connectivity index (χ2v) is 5.92. The quantitative estimate of drug-likeness (QED) is 0.634. The highest BCUT2D eigenvalue weighted by molar-refractivity contribution is 7.98. The van der Waals surface area contributed by atoms with Gasteiger partial charge in [0.1, 0.15) is 0 Å². The molecular weight excluding hydrogens is 236 g/mol. The van der Waals surface area contributed by atoms with Crippen molar-refractivity contribution in [3.05, 3.63) is 42.0 Å². The molecule has 0 N–H and O–H groups in total. The van der Waals surface area contributed by atoms with Gasteiger partial charge in [-0.05, 0) is 41.0 Å². The van der Waals surface area contributed by atoms with E-state index in [1.807, 2.05) is 11.8 Å². The van der Waals surface area contributed by atoms with E-state index in [0.29, 0.717) is 0 Å². The zero-order chi connectivity index (χ0) is 13.0. The number of hydrogen-bond donors (Lipinski definition) is 0. The van der Waals surface area contributed by atoms with Gasteiger partial charge >= 0.3 is 0 Å². The van der Waals surface area contributed by atoms with Gasteiger partial charge in [-0.2, -0.15) is 0 Å². The van der Waals surface area contributed by atoms with Gasteiger partial charge in [0.25, 0.3) is 0 Å². The lowest BCUT2D eigenvalue weighted by Gasteiger charge is -2.13. The van der Waals surface area contributed by atoms with Crippen LogP contribution in [-0.2, 0) is 6.42 Å². The van der Waals surface area contributed by atoms with Crippen molar-refractivity contribution in [3.8, 4) is 0 Å². The van der Waals surface area contributed by atoms with Crippen molar-refractivity contribution in [2.45, 2.75) is 38.0 Å². The van der Waals surface area contributed by atoms with Crippen molar-refractivity contribution >= 4 is 22.5 Å². The van der Waals surface area contributed by atoms with Crippen LogP contribution in [0.3, 0.4) is 0 Å². The van der Waals surface area contributed by atoms with Crippen LogP contribution in [0.1, 0.15) is 32.3 Å². The molecule has 0 saturated heterocycles. The molecule has 1 atom stereocenters. The normalized spacial score (nSPS) is 12.8. The van der Waals surface area contributed by atoms with Gasteiger partial charge in [-0.15, -0.1) is 11.8 Å². The Labute approximate surface area is 115 Å². The highest BCUT2D eigenvalue weighted by atomic mass is 32.2. The summed E-state index contributed by atoms with van der Waals surface area (Å²) in [6, 6.07) is 13.4. The summed E-state index contributed by atoms with van der Waals surface area (Å²) in [6.45, 7) is 4.63. The molecule has 2 rings (SSSR count). The molecule has 0 heterocycles. The maximum Gasteiger partial charge on any atom is 0.0148 e. The van der Waals surface area contributed by atoms with Crippen molar-refractivity contribution in [2.24, 2.45) is 5.92 Å². The molecule has 0 aliphatic heterocycles. The van der Waals surface area contributed by atoms with Gasteiger partial charge in [0.2, 0.25) is 0 Å². The first-order chi connectivity index (χ1) is 8.76. The van der Waals surface area contributed by atoms with E-state index in [0.717, 1.165) is 5.92 Å². The largest absolute Gasteiger partial charge is 0.129 e. The third-order valence-corrected chi connectivity index (χ3v) is 4.34. The molecule has 1 heteroatoms. The minimum absolute atomic E-state index is 0.776. The number of rotatable bonds is 5. The molecule has 0 aromatic heterocycles. The average Bonchev–Trinajstić information content (AvgIpc) is 2.38. The fourth-order valence-electron chi connectivity index (χ4n) is 2.67. The van der Waals surface area contributed by atoms with E-state index in [1.54, 1.807) is 0 Å². The second kappa shape index (κ2) is 6.29. The van der Waals surface area contributed by atoms with Crippen LogP contribution in [0.25, 0.3) is 10.8 Å². The Morgan fingerprint density at radius 2 is 1.78 bits per heavy atom. The molecule has 2 aromatic carbocycles. The first kappa shape index (κ1) is 13.5. The molecule has 0 aliphatic rings. The SMILES string of the molecule is CCCC(C)Cc1cccc2c(SC)cccc12. The number of thioether (sulfide) groups is 1. The van der Waals surface area contributed by atoms with Crippen LogP contribution in [0.5, 0.6) is 0 Å². The van der Waals surface area contributed by atoms with Gasteiger partial charge < -0.3 is 0 Å². The maximum absolute atomic E-state index is 2.36. The van der Waals surface area contributed by atoms with Crippen LogP contribution in [0, 0.1) is 5.92 Å². The summed E-state index contributed by atoms with van der Waals surface area (Å²) in [4.78, 5) is 1.39. The summed E-state index contributed by atoms with van der Waals surface area (Å²) >= 11 is 1.84. The summed E-state index contributed by atoms with van der Waals surface area (Å²) < 4.78 is 0. The Morgan fingerprint density at radius 1 is 1.06 bits per heavy atom. The summed E-state index contributed by atoms with van der Waals surface area (Å²) in [5.74, 6) is 0.776. The van der Waals surface area contributed by atoms with E-state index in [-0.39, 0.29) is 0 Å². The molecule has 2 aromatic rings. The Hall–Kier alpha value is -0.950. The lowest BCUT2D eigenvalue weighted by atomic mass is 9.93. The minimum atomic E-state index is 0.776. The Morgan fingerprint density at radius 3 is 2.50 bits per heavy atom. The van der Waals surface area contributed by atoms with Gasteiger partial charge in [-0.1, -0.05) is 57.0 Å². The van der Waals surface area contributed by atoms with E-state index in [4.69, 9.17) is 0 Å². The fourth-order valence-corrected chi connectivity index (χ4v) is 3.29.